The number of hydrogen-bond acceptors (Lipinski definition) is 3. The van der Waals surface area contributed by atoms with Crippen molar-refractivity contribution in [2.75, 3.05) is 5.75 Å². The number of nitriles is 1. The molecule has 0 saturated heterocycles. The molecule has 0 heterocycles. The van der Waals surface area contributed by atoms with E-state index in [2.05, 4.69) is 0 Å². The molecule has 0 aliphatic heterocycles. The standard InChI is InChI=1S/C12H15FN2OS/c1-12(2,15)8-17(16)7-9-3-4-11(13)10(5-9)6-14/h3-5H,7-8,15H2,1-2H3. The topological polar surface area (TPSA) is 66.9 Å². The van der Waals surface area contributed by atoms with Crippen molar-refractivity contribution >= 4 is 10.8 Å². The van der Waals surface area contributed by atoms with Gasteiger partial charge in [-0.1, -0.05) is 6.07 Å². The maximum atomic E-state index is 13.1. The van der Waals surface area contributed by atoms with Crippen LogP contribution in [-0.2, 0) is 16.6 Å². The molecule has 0 fully saturated rings. The number of nitrogens with zero attached hydrogens (tertiary/aromatic N) is 1. The van der Waals surface area contributed by atoms with Gasteiger partial charge in [-0.25, -0.2) is 4.39 Å². The van der Waals surface area contributed by atoms with E-state index in [0.29, 0.717) is 11.3 Å². The predicted molar refractivity (Wildman–Crippen MR) is 66.1 cm³/mol. The number of benzene rings is 1. The summed E-state index contributed by atoms with van der Waals surface area (Å²) in [4.78, 5) is 0. The first-order valence-electron chi connectivity index (χ1n) is 5.14. The van der Waals surface area contributed by atoms with Crippen LogP contribution in [0.5, 0.6) is 0 Å². The third-order valence-electron chi connectivity index (χ3n) is 2.01. The van der Waals surface area contributed by atoms with E-state index in [9.17, 15) is 8.60 Å². The second-order valence-corrected chi connectivity index (χ2v) is 6.10. The molecule has 0 radical (unpaired) electrons. The quantitative estimate of drug-likeness (QED) is 0.889. The Morgan fingerprint density at radius 3 is 2.71 bits per heavy atom. The minimum absolute atomic E-state index is 0.0218. The van der Waals surface area contributed by atoms with E-state index in [1.54, 1.807) is 19.9 Å². The minimum atomic E-state index is -1.11. The van der Waals surface area contributed by atoms with E-state index in [0.717, 1.165) is 0 Å². The average Bonchev–Trinajstić information content (AvgIpc) is 2.18. The molecular formula is C12H15FN2OS. The summed E-state index contributed by atoms with van der Waals surface area (Å²) in [5.74, 6) is 0.100. The zero-order chi connectivity index (χ0) is 13.1. The van der Waals surface area contributed by atoms with Gasteiger partial charge in [-0.05, 0) is 31.5 Å². The van der Waals surface area contributed by atoms with Gasteiger partial charge in [0.05, 0.1) is 5.56 Å². The van der Waals surface area contributed by atoms with Crippen molar-refractivity contribution in [3.63, 3.8) is 0 Å². The van der Waals surface area contributed by atoms with E-state index < -0.39 is 22.2 Å². The molecule has 0 saturated carbocycles. The summed E-state index contributed by atoms with van der Waals surface area (Å²) >= 11 is 0. The zero-order valence-electron chi connectivity index (χ0n) is 9.87. The molecule has 0 aliphatic rings. The molecule has 1 aromatic rings. The number of rotatable bonds is 4. The van der Waals surface area contributed by atoms with Gasteiger partial charge in [0, 0.05) is 27.8 Å². The maximum absolute atomic E-state index is 13.1. The molecule has 0 bridgehead atoms. The van der Waals surface area contributed by atoms with Crippen LogP contribution in [0.2, 0.25) is 0 Å². The van der Waals surface area contributed by atoms with Crippen molar-refractivity contribution in [3.8, 4) is 6.07 Å². The van der Waals surface area contributed by atoms with E-state index in [1.165, 1.54) is 18.2 Å². The van der Waals surface area contributed by atoms with Crippen LogP contribution in [0.25, 0.3) is 0 Å². The van der Waals surface area contributed by atoms with E-state index >= 15 is 0 Å². The molecule has 1 atom stereocenters. The average molecular weight is 254 g/mol. The van der Waals surface area contributed by atoms with Gasteiger partial charge in [-0.15, -0.1) is 0 Å². The lowest BCUT2D eigenvalue weighted by Gasteiger charge is -2.17. The van der Waals surface area contributed by atoms with Crippen LogP contribution in [0, 0.1) is 17.1 Å². The lowest BCUT2D eigenvalue weighted by molar-refractivity contribution is 0.577. The van der Waals surface area contributed by atoms with Crippen LogP contribution in [-0.4, -0.2) is 15.5 Å². The normalized spacial score (nSPS) is 13.1. The first-order chi connectivity index (χ1) is 7.81. The molecule has 17 heavy (non-hydrogen) atoms. The number of halogens is 1. The Balaban J connectivity index is 2.77. The van der Waals surface area contributed by atoms with Crippen molar-refractivity contribution in [2.24, 2.45) is 5.73 Å². The van der Waals surface area contributed by atoms with Crippen LogP contribution in [0.4, 0.5) is 4.39 Å². The van der Waals surface area contributed by atoms with E-state index in [4.69, 9.17) is 11.0 Å². The molecule has 2 N–H and O–H groups in total. The smallest absolute Gasteiger partial charge is 0.140 e. The van der Waals surface area contributed by atoms with Crippen molar-refractivity contribution in [3.05, 3.63) is 35.1 Å². The maximum Gasteiger partial charge on any atom is 0.140 e. The highest BCUT2D eigenvalue weighted by molar-refractivity contribution is 7.84. The van der Waals surface area contributed by atoms with Crippen molar-refractivity contribution in [1.82, 2.24) is 0 Å². The lowest BCUT2D eigenvalue weighted by atomic mass is 10.1. The highest BCUT2D eigenvalue weighted by Crippen LogP contribution is 2.12. The molecule has 1 rings (SSSR count). The van der Waals surface area contributed by atoms with E-state index in [1.807, 2.05) is 0 Å². The minimum Gasteiger partial charge on any atom is -0.325 e. The Kier molecular flexibility index (Phi) is 4.38. The Labute approximate surface area is 103 Å². The molecule has 92 valence electrons. The van der Waals surface area contributed by atoms with Crippen molar-refractivity contribution in [2.45, 2.75) is 25.1 Å². The van der Waals surface area contributed by atoms with Crippen molar-refractivity contribution in [1.29, 1.82) is 5.26 Å². The molecular weight excluding hydrogens is 239 g/mol. The Morgan fingerprint density at radius 2 is 2.18 bits per heavy atom. The predicted octanol–water partition coefficient (Wildman–Crippen LogP) is 1.68. The highest BCUT2D eigenvalue weighted by Gasteiger charge is 2.15. The third kappa shape index (κ3) is 4.63. The van der Waals surface area contributed by atoms with Gasteiger partial charge in [-0.3, -0.25) is 4.21 Å². The summed E-state index contributed by atoms with van der Waals surface area (Å²) in [6.07, 6.45) is 0. The Bertz CT molecular complexity index is 474. The van der Waals surface area contributed by atoms with Crippen LogP contribution in [0.1, 0.15) is 25.0 Å². The summed E-state index contributed by atoms with van der Waals surface area (Å²) in [6, 6.07) is 5.95. The van der Waals surface area contributed by atoms with Gasteiger partial charge in [0.15, 0.2) is 0 Å². The molecule has 1 unspecified atom stereocenters. The summed E-state index contributed by atoms with van der Waals surface area (Å²) in [5, 5.41) is 8.68. The number of hydrogen-bond donors (Lipinski definition) is 1. The van der Waals surface area contributed by atoms with Gasteiger partial charge < -0.3 is 5.73 Å². The Morgan fingerprint density at radius 1 is 1.53 bits per heavy atom. The molecule has 0 aliphatic carbocycles. The molecule has 1 aromatic carbocycles. The lowest BCUT2D eigenvalue weighted by Crippen LogP contribution is -2.38. The van der Waals surface area contributed by atoms with Crippen LogP contribution < -0.4 is 5.73 Å². The third-order valence-corrected chi connectivity index (χ3v) is 3.73. The SMILES string of the molecule is CC(C)(N)CS(=O)Cc1ccc(F)c(C#N)c1. The fraction of sp³-hybridized carbons (Fsp3) is 0.417. The first kappa shape index (κ1) is 13.8. The van der Waals surface area contributed by atoms with Gasteiger partial charge in [-0.2, -0.15) is 5.26 Å². The molecule has 0 aromatic heterocycles. The van der Waals surface area contributed by atoms with Crippen LogP contribution in [0.15, 0.2) is 18.2 Å². The Hall–Kier alpha value is -1.25. The van der Waals surface area contributed by atoms with Crippen molar-refractivity contribution < 1.29 is 8.60 Å². The van der Waals surface area contributed by atoms with Crippen LogP contribution >= 0.6 is 0 Å². The van der Waals surface area contributed by atoms with Crippen LogP contribution in [0.3, 0.4) is 0 Å². The first-order valence-corrected chi connectivity index (χ1v) is 6.63. The zero-order valence-corrected chi connectivity index (χ0v) is 10.7. The fourth-order valence-corrected chi connectivity index (χ4v) is 2.88. The molecule has 0 amide bonds. The molecule has 5 heteroatoms. The molecule has 0 spiro atoms. The van der Waals surface area contributed by atoms with Gasteiger partial charge in [0.2, 0.25) is 0 Å². The summed E-state index contributed by atoms with van der Waals surface area (Å²) in [5.41, 5.74) is 5.93. The number of nitrogens with two attached hydrogens (primary N) is 1. The second-order valence-electron chi connectivity index (χ2n) is 4.64. The second kappa shape index (κ2) is 5.39. The van der Waals surface area contributed by atoms with Gasteiger partial charge >= 0.3 is 0 Å². The summed E-state index contributed by atoms with van der Waals surface area (Å²) in [6.45, 7) is 3.60. The monoisotopic (exact) mass is 254 g/mol. The molecule has 3 nitrogen and oxygen atoms in total. The van der Waals surface area contributed by atoms with Gasteiger partial charge in [0.25, 0.3) is 0 Å². The van der Waals surface area contributed by atoms with E-state index in [-0.39, 0.29) is 11.3 Å². The highest BCUT2D eigenvalue weighted by atomic mass is 32.2. The van der Waals surface area contributed by atoms with Gasteiger partial charge in [0.1, 0.15) is 11.9 Å². The summed E-state index contributed by atoms with van der Waals surface area (Å²) < 4.78 is 24.8. The largest absolute Gasteiger partial charge is 0.325 e. The summed E-state index contributed by atoms with van der Waals surface area (Å²) in [7, 11) is -1.11. The fourth-order valence-electron chi connectivity index (χ4n) is 1.40.